The number of phenols is 1. The van der Waals surface area contributed by atoms with E-state index in [1.54, 1.807) is 24.5 Å². The number of para-hydroxylation sites is 1. The summed E-state index contributed by atoms with van der Waals surface area (Å²) >= 11 is 0. The van der Waals surface area contributed by atoms with Crippen LogP contribution in [0, 0.1) is 0 Å². The van der Waals surface area contributed by atoms with E-state index in [-0.39, 0.29) is 12.4 Å². The first-order chi connectivity index (χ1) is 11.8. The second-order valence-corrected chi connectivity index (χ2v) is 5.62. The van der Waals surface area contributed by atoms with Crippen molar-refractivity contribution in [3.63, 3.8) is 0 Å². The van der Waals surface area contributed by atoms with Gasteiger partial charge in [-0.25, -0.2) is 0 Å². The zero-order chi connectivity index (χ0) is 17.0. The average Bonchev–Trinajstić information content (AvgIpc) is 2.61. The molecule has 5 nitrogen and oxygen atoms in total. The quantitative estimate of drug-likeness (QED) is 0.520. The highest BCUT2D eigenvalue weighted by atomic mass is 16.3. The monoisotopic (exact) mass is 327 g/mol. The van der Waals surface area contributed by atoms with Crippen LogP contribution in [0.15, 0.2) is 53.7 Å². The molecule has 1 aromatic heterocycles. The summed E-state index contributed by atoms with van der Waals surface area (Å²) in [6, 6.07) is 13.1. The van der Waals surface area contributed by atoms with Gasteiger partial charge in [0.25, 0.3) is 0 Å². The van der Waals surface area contributed by atoms with E-state index in [2.05, 4.69) is 14.9 Å². The molecule has 0 fully saturated rings. The molecular formula is C19H25N3O2. The summed E-state index contributed by atoms with van der Waals surface area (Å²) in [4.78, 5) is 11.0. The maximum atomic E-state index is 9.69. The van der Waals surface area contributed by atoms with Gasteiger partial charge in [-0.2, -0.15) is 0 Å². The minimum Gasteiger partial charge on any atom is -0.507 e. The van der Waals surface area contributed by atoms with E-state index in [9.17, 15) is 5.11 Å². The molecule has 0 aliphatic rings. The molecule has 128 valence electrons. The number of aromatic hydroxyl groups is 1. The van der Waals surface area contributed by atoms with E-state index in [1.807, 2.05) is 30.3 Å². The Balaban J connectivity index is 1.78. The van der Waals surface area contributed by atoms with Crippen molar-refractivity contribution in [2.75, 3.05) is 26.2 Å². The number of phenolic OH excluding ortho intramolecular Hbond substituents is 1. The third kappa shape index (κ3) is 6.48. The van der Waals surface area contributed by atoms with Crippen molar-refractivity contribution in [1.82, 2.24) is 9.88 Å². The highest BCUT2D eigenvalue weighted by Crippen LogP contribution is 2.12. The molecule has 0 aliphatic carbocycles. The molecular weight excluding hydrogens is 302 g/mol. The molecule has 0 atom stereocenters. The number of aromatic nitrogens is 1. The van der Waals surface area contributed by atoms with Crippen LogP contribution < -0.4 is 0 Å². The number of nitrogens with zero attached hydrogens (tertiary/aromatic N) is 3. The zero-order valence-corrected chi connectivity index (χ0v) is 13.9. The number of pyridine rings is 1. The van der Waals surface area contributed by atoms with Gasteiger partial charge in [-0.3, -0.25) is 14.9 Å². The Morgan fingerprint density at radius 1 is 1.04 bits per heavy atom. The molecule has 0 unspecified atom stereocenters. The summed E-state index contributed by atoms with van der Waals surface area (Å²) in [6.07, 6.45) is 5.19. The maximum absolute atomic E-state index is 9.69. The largest absolute Gasteiger partial charge is 0.507 e. The van der Waals surface area contributed by atoms with E-state index < -0.39 is 0 Å². The molecule has 0 amide bonds. The van der Waals surface area contributed by atoms with Crippen LogP contribution >= 0.6 is 0 Å². The van der Waals surface area contributed by atoms with Crippen LogP contribution in [0.2, 0.25) is 0 Å². The van der Waals surface area contributed by atoms with Gasteiger partial charge in [-0.05, 0) is 37.1 Å². The fraction of sp³-hybridized carbons (Fsp3) is 0.368. The smallest absolute Gasteiger partial charge is 0.124 e. The normalized spacial score (nSPS) is 11.4. The fourth-order valence-corrected chi connectivity index (χ4v) is 2.43. The minimum atomic E-state index is 0.199. The summed E-state index contributed by atoms with van der Waals surface area (Å²) in [5, 5.41) is 18.7. The van der Waals surface area contributed by atoms with Gasteiger partial charge >= 0.3 is 0 Å². The first-order valence-corrected chi connectivity index (χ1v) is 8.30. The zero-order valence-electron chi connectivity index (χ0n) is 13.9. The molecule has 1 heterocycles. The lowest BCUT2D eigenvalue weighted by Crippen LogP contribution is -2.27. The Kier molecular flexibility index (Phi) is 7.93. The van der Waals surface area contributed by atoms with Crippen molar-refractivity contribution in [3.8, 4) is 5.75 Å². The van der Waals surface area contributed by atoms with Gasteiger partial charge in [-0.15, -0.1) is 0 Å². The number of aliphatic hydroxyl groups excluding tert-OH is 1. The van der Waals surface area contributed by atoms with Gasteiger partial charge in [0.05, 0.1) is 5.69 Å². The van der Waals surface area contributed by atoms with Crippen molar-refractivity contribution in [3.05, 3.63) is 59.9 Å². The third-order valence-corrected chi connectivity index (χ3v) is 3.67. The molecule has 5 heteroatoms. The van der Waals surface area contributed by atoms with Crippen LogP contribution in [0.1, 0.15) is 24.1 Å². The van der Waals surface area contributed by atoms with Crippen LogP contribution in [-0.2, 0) is 6.54 Å². The van der Waals surface area contributed by atoms with E-state index >= 15 is 0 Å². The second-order valence-electron chi connectivity index (χ2n) is 5.62. The Morgan fingerprint density at radius 3 is 2.58 bits per heavy atom. The number of rotatable bonds is 10. The van der Waals surface area contributed by atoms with Crippen molar-refractivity contribution in [2.45, 2.75) is 19.4 Å². The number of hydrogen-bond donors (Lipinski definition) is 2. The molecule has 1 aromatic carbocycles. The van der Waals surface area contributed by atoms with Crippen molar-refractivity contribution < 1.29 is 10.2 Å². The molecule has 0 spiro atoms. The molecule has 2 aromatic rings. The summed E-state index contributed by atoms with van der Waals surface area (Å²) in [5.74, 6) is 0.251. The van der Waals surface area contributed by atoms with E-state index in [1.165, 1.54) is 0 Å². The van der Waals surface area contributed by atoms with Crippen molar-refractivity contribution >= 4 is 6.21 Å². The molecule has 0 radical (unpaired) electrons. The maximum Gasteiger partial charge on any atom is 0.124 e. The lowest BCUT2D eigenvalue weighted by molar-refractivity contribution is 0.216. The number of benzene rings is 1. The number of aliphatic hydroxyl groups is 1. The predicted octanol–water partition coefficient (Wildman–Crippen LogP) is 2.48. The Bertz CT molecular complexity index is 617. The number of aliphatic imine (C=N–C) groups is 1. The van der Waals surface area contributed by atoms with Gasteiger partial charge in [0, 0.05) is 50.8 Å². The fourth-order valence-electron chi connectivity index (χ4n) is 2.43. The molecule has 2 rings (SSSR count). The van der Waals surface area contributed by atoms with Gasteiger partial charge in [0.15, 0.2) is 0 Å². The summed E-state index contributed by atoms with van der Waals surface area (Å²) < 4.78 is 0. The van der Waals surface area contributed by atoms with Crippen molar-refractivity contribution in [2.24, 2.45) is 4.99 Å². The lowest BCUT2D eigenvalue weighted by Gasteiger charge is -2.21. The first kappa shape index (κ1) is 18.1. The molecule has 24 heavy (non-hydrogen) atoms. The Morgan fingerprint density at radius 2 is 1.83 bits per heavy atom. The van der Waals surface area contributed by atoms with Gasteiger partial charge in [-0.1, -0.05) is 18.2 Å². The van der Waals surface area contributed by atoms with E-state index in [0.29, 0.717) is 6.54 Å². The molecule has 0 bridgehead atoms. The first-order valence-electron chi connectivity index (χ1n) is 8.30. The standard InChI is InChI=1S/C19H25N3O2/c23-14-6-13-22(16-18-8-3-4-11-21-18)12-5-10-20-15-17-7-1-2-9-19(17)24/h1-4,7-9,11,15,23-24H,5-6,10,12-14,16H2. The Labute approximate surface area is 143 Å². The Hall–Kier alpha value is -2.24. The van der Waals surface area contributed by atoms with Gasteiger partial charge in [0.1, 0.15) is 5.75 Å². The summed E-state index contributed by atoms with van der Waals surface area (Å²) in [5.41, 5.74) is 1.77. The van der Waals surface area contributed by atoms with Crippen LogP contribution in [0.3, 0.4) is 0 Å². The average molecular weight is 327 g/mol. The topological polar surface area (TPSA) is 69.0 Å². The molecule has 0 saturated heterocycles. The van der Waals surface area contributed by atoms with Crippen LogP contribution in [0.5, 0.6) is 5.75 Å². The van der Waals surface area contributed by atoms with E-state index in [4.69, 9.17) is 5.11 Å². The van der Waals surface area contributed by atoms with Crippen LogP contribution in [0.4, 0.5) is 0 Å². The van der Waals surface area contributed by atoms with Crippen LogP contribution in [-0.4, -0.2) is 52.6 Å². The van der Waals surface area contributed by atoms with Crippen molar-refractivity contribution in [1.29, 1.82) is 0 Å². The number of hydrogen-bond acceptors (Lipinski definition) is 5. The van der Waals surface area contributed by atoms with Gasteiger partial charge < -0.3 is 10.2 Å². The SMILES string of the molecule is OCCCN(CCCN=Cc1ccccc1O)Cc1ccccn1. The summed E-state index contributed by atoms with van der Waals surface area (Å²) in [6.45, 7) is 3.42. The minimum absolute atomic E-state index is 0.199. The molecule has 0 saturated carbocycles. The second kappa shape index (κ2) is 10.5. The highest BCUT2D eigenvalue weighted by molar-refractivity contribution is 5.83. The van der Waals surface area contributed by atoms with Crippen LogP contribution in [0.25, 0.3) is 0 Å². The highest BCUT2D eigenvalue weighted by Gasteiger charge is 2.06. The molecule has 2 N–H and O–H groups in total. The van der Waals surface area contributed by atoms with E-state index in [0.717, 1.165) is 43.7 Å². The summed E-state index contributed by atoms with van der Waals surface area (Å²) in [7, 11) is 0. The van der Waals surface area contributed by atoms with Gasteiger partial charge in [0.2, 0.25) is 0 Å². The molecule has 0 aliphatic heterocycles. The lowest BCUT2D eigenvalue weighted by atomic mass is 10.2. The third-order valence-electron chi connectivity index (χ3n) is 3.67. The predicted molar refractivity (Wildman–Crippen MR) is 96.4 cm³/mol.